The molecule has 0 atom stereocenters. The minimum absolute atomic E-state index is 0.00913. The van der Waals surface area contributed by atoms with Gasteiger partial charge in [-0.15, -0.1) is 0 Å². The topological polar surface area (TPSA) is 75.0 Å². The van der Waals surface area contributed by atoms with E-state index in [1.165, 1.54) is 0 Å². The summed E-state index contributed by atoms with van der Waals surface area (Å²) < 4.78 is -0.153. The van der Waals surface area contributed by atoms with Crippen LogP contribution in [-0.4, -0.2) is 50.1 Å². The maximum atomic E-state index is 12.1. The molecule has 2 rings (SSSR count). The second kappa shape index (κ2) is 5.27. The number of H-pyrrole nitrogens is 1. The van der Waals surface area contributed by atoms with Crippen molar-refractivity contribution in [1.82, 2.24) is 15.1 Å². The normalized spacial score (nSPS) is 18.6. The second-order valence-electron chi connectivity index (χ2n) is 4.33. The predicted octanol–water partition coefficient (Wildman–Crippen LogP) is 1.03. The van der Waals surface area contributed by atoms with Crippen molar-refractivity contribution in [2.45, 2.75) is 17.6 Å². The average molecular weight is 284 g/mol. The number of nitrogens with zero attached hydrogens (tertiary/aromatic N) is 2. The van der Waals surface area contributed by atoms with Crippen LogP contribution in [0.5, 0.6) is 0 Å². The molecule has 1 fully saturated rings. The third kappa shape index (κ3) is 2.37. The zero-order valence-corrected chi connectivity index (χ0v) is 11.8. The number of nitrogens with two attached hydrogens (primary N) is 1. The highest BCUT2D eigenvalue weighted by molar-refractivity contribution is 8.02. The van der Waals surface area contributed by atoms with Gasteiger partial charge in [-0.3, -0.25) is 9.89 Å². The van der Waals surface area contributed by atoms with Crippen LogP contribution in [0.15, 0.2) is 12.3 Å². The highest BCUT2D eigenvalue weighted by Gasteiger charge is 2.38. The van der Waals surface area contributed by atoms with Crippen molar-refractivity contribution in [1.29, 1.82) is 0 Å². The molecule has 18 heavy (non-hydrogen) atoms. The number of nitrogens with one attached hydrogen (secondary N) is 1. The first-order valence-electron chi connectivity index (χ1n) is 5.73. The summed E-state index contributed by atoms with van der Waals surface area (Å²) in [4.78, 5) is 14.5. The van der Waals surface area contributed by atoms with Crippen LogP contribution in [0, 0.1) is 0 Å². The van der Waals surface area contributed by atoms with E-state index in [1.54, 1.807) is 24.0 Å². The second-order valence-corrected chi connectivity index (χ2v) is 5.95. The zero-order chi connectivity index (χ0) is 13.2. The lowest BCUT2D eigenvalue weighted by molar-refractivity contribution is 0.0713. The van der Waals surface area contributed by atoms with Gasteiger partial charge in [0, 0.05) is 19.3 Å². The summed E-state index contributed by atoms with van der Waals surface area (Å²) in [5.74, 6) is -0.00913. The first-order valence-corrected chi connectivity index (χ1v) is 7.36. The first kappa shape index (κ1) is 13.4. The Balaban J connectivity index is 2.02. The summed E-state index contributed by atoms with van der Waals surface area (Å²) in [6, 6.07) is 1.69. The number of thiocarbonyl (C=S) groups is 1. The number of amides is 1. The summed E-state index contributed by atoms with van der Waals surface area (Å²) in [5.41, 5.74) is 6.35. The standard InChI is InChI=1S/C11H16N4OS2/c1-18-11(10(12)17)3-6-15(7-4-11)9(16)8-2-5-13-14-8/h2,5H,3-4,6-7H2,1H3,(H2,12,17)(H,13,14). The highest BCUT2D eigenvalue weighted by Crippen LogP contribution is 2.35. The van der Waals surface area contributed by atoms with Crippen LogP contribution >= 0.6 is 24.0 Å². The molecule has 0 aliphatic carbocycles. The largest absolute Gasteiger partial charge is 0.392 e. The van der Waals surface area contributed by atoms with Crippen molar-refractivity contribution in [3.05, 3.63) is 18.0 Å². The molecule has 98 valence electrons. The lowest BCUT2D eigenvalue weighted by atomic mass is 9.95. The highest BCUT2D eigenvalue weighted by atomic mass is 32.2. The number of carbonyl (C=O) groups excluding carboxylic acids is 1. The molecule has 1 aromatic heterocycles. The summed E-state index contributed by atoms with van der Waals surface area (Å²) in [7, 11) is 0. The fourth-order valence-electron chi connectivity index (χ4n) is 2.17. The van der Waals surface area contributed by atoms with Gasteiger partial charge in [-0.2, -0.15) is 16.9 Å². The van der Waals surface area contributed by atoms with Crippen LogP contribution in [0.2, 0.25) is 0 Å². The molecule has 0 unspecified atom stereocenters. The molecular formula is C11H16N4OS2. The predicted molar refractivity (Wildman–Crippen MR) is 76.8 cm³/mol. The average Bonchev–Trinajstić information content (AvgIpc) is 2.91. The van der Waals surface area contributed by atoms with E-state index in [9.17, 15) is 4.79 Å². The Morgan fingerprint density at radius 3 is 2.72 bits per heavy atom. The molecule has 2 heterocycles. The Kier molecular flexibility index (Phi) is 3.91. The molecule has 1 aliphatic heterocycles. The molecule has 0 saturated carbocycles. The minimum atomic E-state index is -0.153. The molecule has 7 heteroatoms. The Hall–Kier alpha value is -1.08. The monoisotopic (exact) mass is 284 g/mol. The van der Waals surface area contributed by atoms with E-state index in [1.807, 2.05) is 11.2 Å². The molecule has 5 nitrogen and oxygen atoms in total. The van der Waals surface area contributed by atoms with Crippen LogP contribution in [0.25, 0.3) is 0 Å². The molecule has 3 N–H and O–H groups in total. The van der Waals surface area contributed by atoms with Crippen LogP contribution in [-0.2, 0) is 0 Å². The van der Waals surface area contributed by atoms with Crippen molar-refractivity contribution >= 4 is 34.9 Å². The van der Waals surface area contributed by atoms with Crippen LogP contribution in [0.3, 0.4) is 0 Å². The van der Waals surface area contributed by atoms with E-state index in [4.69, 9.17) is 18.0 Å². The molecule has 0 bridgehead atoms. The van der Waals surface area contributed by atoms with E-state index in [0.717, 1.165) is 12.8 Å². The van der Waals surface area contributed by atoms with Crippen LogP contribution < -0.4 is 5.73 Å². The Morgan fingerprint density at radius 2 is 2.28 bits per heavy atom. The molecule has 1 amide bonds. The van der Waals surface area contributed by atoms with E-state index < -0.39 is 0 Å². The fourth-order valence-corrected chi connectivity index (χ4v) is 3.41. The van der Waals surface area contributed by atoms with Crippen LogP contribution in [0.4, 0.5) is 0 Å². The number of aromatic amines is 1. The van der Waals surface area contributed by atoms with Crippen molar-refractivity contribution in [2.75, 3.05) is 19.3 Å². The smallest absolute Gasteiger partial charge is 0.271 e. The Morgan fingerprint density at radius 1 is 1.61 bits per heavy atom. The van der Waals surface area contributed by atoms with E-state index >= 15 is 0 Å². The lowest BCUT2D eigenvalue weighted by Gasteiger charge is -2.39. The fraction of sp³-hybridized carbons (Fsp3) is 0.545. The van der Waals surface area contributed by atoms with Gasteiger partial charge in [-0.25, -0.2) is 0 Å². The maximum Gasteiger partial charge on any atom is 0.271 e. The first-order chi connectivity index (χ1) is 8.59. The number of rotatable bonds is 3. The molecule has 1 aliphatic rings. The van der Waals surface area contributed by atoms with Gasteiger partial charge < -0.3 is 10.6 Å². The summed E-state index contributed by atoms with van der Waals surface area (Å²) in [6.07, 6.45) is 5.22. The number of hydrogen-bond acceptors (Lipinski definition) is 4. The number of aromatic nitrogens is 2. The third-order valence-electron chi connectivity index (χ3n) is 3.43. The number of thioether (sulfide) groups is 1. The van der Waals surface area contributed by atoms with Crippen molar-refractivity contribution in [3.8, 4) is 0 Å². The summed E-state index contributed by atoms with van der Waals surface area (Å²) >= 11 is 6.84. The number of carbonyl (C=O) groups is 1. The quantitative estimate of drug-likeness (QED) is 0.811. The van der Waals surface area contributed by atoms with E-state index in [-0.39, 0.29) is 10.7 Å². The van der Waals surface area contributed by atoms with Gasteiger partial charge in [0.05, 0.1) is 9.74 Å². The van der Waals surface area contributed by atoms with Gasteiger partial charge in [0.1, 0.15) is 5.69 Å². The Labute approximate surface area is 115 Å². The van der Waals surface area contributed by atoms with Gasteiger partial charge in [-0.05, 0) is 25.2 Å². The molecule has 1 aromatic rings. The maximum absolute atomic E-state index is 12.1. The number of likely N-dealkylation sites (tertiary alicyclic amines) is 1. The molecule has 0 aromatic carbocycles. The van der Waals surface area contributed by atoms with Gasteiger partial charge in [0.15, 0.2) is 0 Å². The van der Waals surface area contributed by atoms with Gasteiger partial charge in [-0.1, -0.05) is 12.2 Å². The lowest BCUT2D eigenvalue weighted by Crippen LogP contribution is -2.50. The van der Waals surface area contributed by atoms with Crippen molar-refractivity contribution in [3.63, 3.8) is 0 Å². The number of piperidine rings is 1. The molecule has 0 spiro atoms. The van der Waals surface area contributed by atoms with Gasteiger partial charge >= 0.3 is 0 Å². The van der Waals surface area contributed by atoms with E-state index in [0.29, 0.717) is 23.8 Å². The van der Waals surface area contributed by atoms with Crippen molar-refractivity contribution in [2.24, 2.45) is 5.73 Å². The van der Waals surface area contributed by atoms with Gasteiger partial charge in [0.2, 0.25) is 0 Å². The SMILES string of the molecule is CSC1(C(N)=S)CCN(C(=O)c2ccn[nH]2)CC1. The summed E-state index contributed by atoms with van der Waals surface area (Å²) in [5, 5.41) is 6.49. The minimum Gasteiger partial charge on any atom is -0.392 e. The van der Waals surface area contributed by atoms with Crippen molar-refractivity contribution < 1.29 is 4.79 Å². The molecule has 0 radical (unpaired) electrons. The molecule has 1 saturated heterocycles. The summed E-state index contributed by atoms with van der Waals surface area (Å²) in [6.45, 7) is 1.35. The van der Waals surface area contributed by atoms with E-state index in [2.05, 4.69) is 10.2 Å². The Bertz CT molecular complexity index is 438. The number of hydrogen-bond donors (Lipinski definition) is 2. The molecular weight excluding hydrogens is 268 g/mol. The zero-order valence-electron chi connectivity index (χ0n) is 10.2. The van der Waals surface area contributed by atoms with Gasteiger partial charge in [0.25, 0.3) is 5.91 Å². The van der Waals surface area contributed by atoms with Crippen LogP contribution in [0.1, 0.15) is 23.3 Å². The third-order valence-corrected chi connectivity index (χ3v) is 5.36.